The van der Waals surface area contributed by atoms with E-state index in [1.807, 2.05) is 18.2 Å². The summed E-state index contributed by atoms with van der Waals surface area (Å²) in [6.45, 7) is 4.15. The smallest absolute Gasteiger partial charge is 0.220 e. The Morgan fingerprint density at radius 3 is 2.59 bits per heavy atom. The molecule has 0 atom stereocenters. The first-order valence-corrected chi connectivity index (χ1v) is 9.36. The summed E-state index contributed by atoms with van der Waals surface area (Å²) in [6.07, 6.45) is 4.49. The fourth-order valence-electron chi connectivity index (χ4n) is 2.96. The SMILES string of the molecule is Cc1cccc(-c2cc(CCC(C=Nc3ccc(F)cc3)=CN)nc(N)n2)c1C. The third-order valence-corrected chi connectivity index (χ3v) is 4.77. The number of hydrogen-bond acceptors (Lipinski definition) is 5. The molecule has 4 N–H and O–H groups in total. The lowest BCUT2D eigenvalue weighted by Gasteiger charge is -2.10. The Morgan fingerprint density at radius 1 is 1.10 bits per heavy atom. The Hall–Kier alpha value is -3.54. The number of nitrogens with zero attached hydrogens (tertiary/aromatic N) is 3. The van der Waals surface area contributed by atoms with E-state index in [0.29, 0.717) is 18.5 Å². The summed E-state index contributed by atoms with van der Waals surface area (Å²) in [5.74, 6) is -0.0452. The van der Waals surface area contributed by atoms with Gasteiger partial charge < -0.3 is 11.5 Å². The van der Waals surface area contributed by atoms with Gasteiger partial charge in [0.15, 0.2) is 0 Å². The van der Waals surface area contributed by atoms with Gasteiger partial charge in [-0.25, -0.2) is 14.4 Å². The summed E-state index contributed by atoms with van der Waals surface area (Å²) in [5.41, 5.74) is 18.3. The van der Waals surface area contributed by atoms with Gasteiger partial charge in [0, 0.05) is 17.5 Å². The zero-order valence-electron chi connectivity index (χ0n) is 16.6. The standard InChI is InChI=1S/C23H24FN5/c1-15-4-3-5-21(16(15)2)22-12-20(28-23(26)29-22)9-6-17(13-25)14-27-19-10-7-18(24)8-11-19/h3-5,7-8,10-14H,6,9,25H2,1-2H3,(H2,26,28,29). The van der Waals surface area contributed by atoms with Crippen molar-refractivity contribution in [2.45, 2.75) is 26.7 Å². The fourth-order valence-corrected chi connectivity index (χ4v) is 2.96. The molecule has 0 aliphatic heterocycles. The van der Waals surface area contributed by atoms with Gasteiger partial charge in [-0.2, -0.15) is 0 Å². The second-order valence-corrected chi connectivity index (χ2v) is 6.83. The lowest BCUT2D eigenvalue weighted by Crippen LogP contribution is -2.03. The molecule has 0 bridgehead atoms. The van der Waals surface area contributed by atoms with E-state index in [1.165, 1.54) is 29.5 Å². The van der Waals surface area contributed by atoms with Crippen molar-refractivity contribution in [2.75, 3.05) is 5.73 Å². The van der Waals surface area contributed by atoms with Crippen molar-refractivity contribution in [3.05, 3.63) is 82.9 Å². The Balaban J connectivity index is 1.75. The second kappa shape index (κ2) is 9.10. The molecule has 0 aliphatic carbocycles. The van der Waals surface area contributed by atoms with Crippen molar-refractivity contribution in [2.24, 2.45) is 10.7 Å². The molecule has 0 saturated carbocycles. The number of rotatable bonds is 6. The molecule has 0 fully saturated rings. The van der Waals surface area contributed by atoms with Crippen LogP contribution in [0.3, 0.4) is 0 Å². The quantitative estimate of drug-likeness (QED) is 0.600. The Morgan fingerprint density at radius 2 is 1.86 bits per heavy atom. The third kappa shape index (κ3) is 5.25. The maximum Gasteiger partial charge on any atom is 0.220 e. The molecule has 5 nitrogen and oxygen atoms in total. The van der Waals surface area contributed by atoms with Gasteiger partial charge >= 0.3 is 0 Å². The predicted molar refractivity (Wildman–Crippen MR) is 116 cm³/mol. The summed E-state index contributed by atoms with van der Waals surface area (Å²) >= 11 is 0. The molecule has 1 aromatic heterocycles. The summed E-state index contributed by atoms with van der Waals surface area (Å²) in [6, 6.07) is 14.1. The van der Waals surface area contributed by atoms with Crippen LogP contribution in [0, 0.1) is 19.7 Å². The van der Waals surface area contributed by atoms with Crippen molar-refractivity contribution in [3.63, 3.8) is 0 Å². The Bertz CT molecular complexity index is 1060. The van der Waals surface area contributed by atoms with Gasteiger partial charge in [0.25, 0.3) is 0 Å². The van der Waals surface area contributed by atoms with Crippen molar-refractivity contribution in [1.29, 1.82) is 0 Å². The summed E-state index contributed by atoms with van der Waals surface area (Å²) in [7, 11) is 0. The highest BCUT2D eigenvalue weighted by Crippen LogP contribution is 2.25. The van der Waals surface area contributed by atoms with Crippen molar-refractivity contribution in [1.82, 2.24) is 9.97 Å². The predicted octanol–water partition coefficient (Wildman–Crippen LogP) is 4.66. The molecule has 0 unspecified atom stereocenters. The average molecular weight is 389 g/mol. The molecule has 0 saturated heterocycles. The van der Waals surface area contributed by atoms with Crippen LogP contribution in [0.25, 0.3) is 11.3 Å². The first-order chi connectivity index (χ1) is 14.0. The van der Waals surface area contributed by atoms with Gasteiger partial charge in [0.05, 0.1) is 11.4 Å². The number of aliphatic imine (C=N–C) groups is 1. The minimum Gasteiger partial charge on any atom is -0.404 e. The summed E-state index contributed by atoms with van der Waals surface area (Å²) < 4.78 is 13.0. The maximum absolute atomic E-state index is 13.0. The highest BCUT2D eigenvalue weighted by molar-refractivity contribution is 5.80. The van der Waals surface area contributed by atoms with Crippen LogP contribution in [-0.2, 0) is 6.42 Å². The number of hydrogen-bond donors (Lipinski definition) is 2. The molecule has 3 aromatic rings. The van der Waals surface area contributed by atoms with Crippen LogP contribution >= 0.6 is 0 Å². The lowest BCUT2D eigenvalue weighted by molar-refractivity contribution is 0.628. The summed E-state index contributed by atoms with van der Waals surface area (Å²) in [4.78, 5) is 13.1. The number of anilines is 1. The minimum atomic E-state index is -0.292. The van der Waals surface area contributed by atoms with E-state index in [9.17, 15) is 4.39 Å². The number of aryl methyl sites for hydroxylation is 2. The number of benzene rings is 2. The van der Waals surface area contributed by atoms with E-state index < -0.39 is 0 Å². The number of halogens is 1. The van der Waals surface area contributed by atoms with E-state index in [-0.39, 0.29) is 11.8 Å². The molecule has 0 amide bonds. The van der Waals surface area contributed by atoms with Crippen LogP contribution in [0.5, 0.6) is 0 Å². The first-order valence-electron chi connectivity index (χ1n) is 9.36. The number of allylic oxidation sites excluding steroid dienone is 1. The van der Waals surface area contributed by atoms with E-state index in [2.05, 4.69) is 34.9 Å². The van der Waals surface area contributed by atoms with Gasteiger partial charge in [0.2, 0.25) is 5.95 Å². The zero-order chi connectivity index (χ0) is 20.8. The van der Waals surface area contributed by atoms with Crippen LogP contribution in [0.15, 0.2) is 65.3 Å². The van der Waals surface area contributed by atoms with Crippen LogP contribution in [-0.4, -0.2) is 16.2 Å². The highest BCUT2D eigenvalue weighted by Gasteiger charge is 2.09. The minimum absolute atomic E-state index is 0.247. The largest absolute Gasteiger partial charge is 0.404 e. The van der Waals surface area contributed by atoms with E-state index in [4.69, 9.17) is 11.5 Å². The molecule has 0 radical (unpaired) electrons. The highest BCUT2D eigenvalue weighted by atomic mass is 19.1. The van der Waals surface area contributed by atoms with E-state index in [1.54, 1.807) is 18.3 Å². The van der Waals surface area contributed by atoms with Crippen molar-refractivity contribution < 1.29 is 4.39 Å². The first kappa shape index (κ1) is 20.2. The van der Waals surface area contributed by atoms with Crippen molar-refractivity contribution in [3.8, 4) is 11.3 Å². The van der Waals surface area contributed by atoms with Crippen LogP contribution in [0.1, 0.15) is 23.2 Å². The molecule has 29 heavy (non-hydrogen) atoms. The molecule has 3 rings (SSSR count). The second-order valence-electron chi connectivity index (χ2n) is 6.83. The van der Waals surface area contributed by atoms with Gasteiger partial charge in [-0.15, -0.1) is 0 Å². The van der Waals surface area contributed by atoms with Crippen LogP contribution in [0.2, 0.25) is 0 Å². The lowest BCUT2D eigenvalue weighted by atomic mass is 10.00. The van der Waals surface area contributed by atoms with Gasteiger partial charge in [0.1, 0.15) is 5.82 Å². The monoisotopic (exact) mass is 389 g/mol. The molecular formula is C23H24FN5. The van der Waals surface area contributed by atoms with E-state index in [0.717, 1.165) is 22.5 Å². The van der Waals surface area contributed by atoms with Gasteiger partial charge in [-0.05, 0) is 79.9 Å². The van der Waals surface area contributed by atoms with Crippen LogP contribution < -0.4 is 11.5 Å². The molecule has 0 spiro atoms. The van der Waals surface area contributed by atoms with Crippen molar-refractivity contribution >= 4 is 17.9 Å². The maximum atomic E-state index is 13.0. The Kier molecular flexibility index (Phi) is 6.34. The molecule has 6 heteroatoms. The van der Waals surface area contributed by atoms with Crippen LogP contribution in [0.4, 0.5) is 16.0 Å². The van der Waals surface area contributed by atoms with Gasteiger partial charge in [-0.1, -0.05) is 18.2 Å². The molecule has 0 aliphatic rings. The summed E-state index contributed by atoms with van der Waals surface area (Å²) in [5, 5.41) is 0. The Labute approximate surface area is 170 Å². The molecule has 1 heterocycles. The molecule has 148 valence electrons. The molecule has 2 aromatic carbocycles. The average Bonchev–Trinajstić information content (AvgIpc) is 2.71. The molecular weight excluding hydrogens is 365 g/mol. The van der Waals surface area contributed by atoms with Gasteiger partial charge in [-0.3, -0.25) is 4.99 Å². The zero-order valence-corrected chi connectivity index (χ0v) is 16.6. The number of nitrogens with two attached hydrogens (primary N) is 2. The van der Waals surface area contributed by atoms with E-state index >= 15 is 0 Å². The fraction of sp³-hybridized carbons (Fsp3) is 0.174. The normalized spacial score (nSPS) is 11.9. The number of nitrogen functional groups attached to an aromatic ring is 1. The third-order valence-electron chi connectivity index (χ3n) is 4.77. The number of aromatic nitrogens is 2. The topological polar surface area (TPSA) is 90.2 Å².